The maximum atomic E-state index is 5.78. The fraction of sp³-hybridized carbons (Fsp3) is 0.341. The van der Waals surface area contributed by atoms with Crippen molar-refractivity contribution in [3.05, 3.63) is 95.3 Å². The molecule has 7 aromatic heterocycles. The highest BCUT2D eigenvalue weighted by Gasteiger charge is 2.21. The predicted octanol–water partition coefficient (Wildman–Crippen LogP) is 8.73. The van der Waals surface area contributed by atoms with Gasteiger partial charge in [-0.3, -0.25) is 14.3 Å². The lowest BCUT2D eigenvalue weighted by molar-refractivity contribution is 0.328. The topological polar surface area (TPSA) is 128 Å². The van der Waals surface area contributed by atoms with Gasteiger partial charge in [0.15, 0.2) is 0 Å². The fourth-order valence-electron chi connectivity index (χ4n) is 6.63. The Morgan fingerprint density at radius 2 is 1.29 bits per heavy atom. The highest BCUT2D eigenvalue weighted by Crippen LogP contribution is 2.34. The van der Waals surface area contributed by atoms with E-state index in [1.54, 1.807) is 25.7 Å². The summed E-state index contributed by atoms with van der Waals surface area (Å²) in [7, 11) is 1.66. The number of aryl methyl sites for hydroxylation is 4. The number of hydrogen-bond acceptors (Lipinski definition) is 10. The standard InChI is InChI=1S/C25H29N5O2.C19H20N4O/c1-6-32-25-21(8-7-11-27-25)22-13-19(10-9-18-12-20(31-5)15-26-14-18)24-23(28-22)17(4)29-30(24)16(2)3;1-6-14-11-16(15-9-8-10-20-19(15)24-7-2)21-17-13(5)22-23(12(3)4)18(14)17/h7-8,11-16H,6,9-10H2,1-5H3;1,8-12H,7H2,2-5H3. The van der Waals surface area contributed by atoms with Crippen LogP contribution in [0, 0.1) is 26.2 Å². The van der Waals surface area contributed by atoms with Gasteiger partial charge in [-0.2, -0.15) is 10.2 Å². The Bertz CT molecular complexity index is 2510. The summed E-state index contributed by atoms with van der Waals surface area (Å²) in [4.78, 5) is 22.8. The van der Waals surface area contributed by atoms with Crippen molar-refractivity contribution in [2.45, 2.75) is 80.3 Å². The third kappa shape index (κ3) is 8.17. The first-order chi connectivity index (χ1) is 27.1. The highest BCUT2D eigenvalue weighted by molar-refractivity contribution is 5.88. The van der Waals surface area contributed by atoms with E-state index in [0.717, 1.165) is 85.7 Å². The van der Waals surface area contributed by atoms with Crippen molar-refractivity contribution >= 4 is 22.1 Å². The van der Waals surface area contributed by atoms with Crippen LogP contribution < -0.4 is 14.2 Å². The van der Waals surface area contributed by atoms with E-state index in [1.165, 1.54) is 5.56 Å². The number of hydrogen-bond donors (Lipinski definition) is 0. The van der Waals surface area contributed by atoms with Crippen LogP contribution in [0.5, 0.6) is 17.5 Å². The minimum atomic E-state index is 0.207. The second-order valence-corrected chi connectivity index (χ2v) is 13.8. The van der Waals surface area contributed by atoms with E-state index in [9.17, 15) is 0 Å². The Kier molecular flexibility index (Phi) is 12.2. The molecule has 0 unspecified atom stereocenters. The number of ether oxygens (including phenoxy) is 3. The Balaban J connectivity index is 0.000000198. The molecule has 0 radical (unpaired) electrons. The third-order valence-corrected chi connectivity index (χ3v) is 9.20. The fourth-order valence-corrected chi connectivity index (χ4v) is 6.63. The molecule has 0 N–H and O–H groups in total. The second-order valence-electron chi connectivity index (χ2n) is 13.8. The zero-order valence-corrected chi connectivity index (χ0v) is 33.7. The Morgan fingerprint density at radius 3 is 1.82 bits per heavy atom. The van der Waals surface area contributed by atoms with Gasteiger partial charge in [-0.25, -0.2) is 19.9 Å². The number of methoxy groups -OCH3 is 1. The van der Waals surface area contributed by atoms with Crippen molar-refractivity contribution in [2.24, 2.45) is 0 Å². The largest absolute Gasteiger partial charge is 0.495 e. The molecule has 0 saturated heterocycles. The molecule has 12 heteroatoms. The maximum absolute atomic E-state index is 5.78. The summed E-state index contributed by atoms with van der Waals surface area (Å²) < 4.78 is 20.8. The highest BCUT2D eigenvalue weighted by atomic mass is 16.5. The van der Waals surface area contributed by atoms with Gasteiger partial charge in [-0.1, -0.05) is 5.92 Å². The van der Waals surface area contributed by atoms with Gasteiger partial charge in [0.05, 0.1) is 71.5 Å². The first-order valence-corrected chi connectivity index (χ1v) is 19.0. The normalized spacial score (nSPS) is 11.2. The zero-order valence-electron chi connectivity index (χ0n) is 33.7. The van der Waals surface area contributed by atoms with Crippen molar-refractivity contribution in [3.8, 4) is 52.4 Å². The van der Waals surface area contributed by atoms with Gasteiger partial charge in [0, 0.05) is 30.7 Å². The van der Waals surface area contributed by atoms with E-state index in [1.807, 2.05) is 75.0 Å². The number of aromatic nitrogens is 9. The molecule has 0 bridgehead atoms. The van der Waals surface area contributed by atoms with Crippen LogP contribution in [0.3, 0.4) is 0 Å². The molecule has 12 nitrogen and oxygen atoms in total. The summed E-state index contributed by atoms with van der Waals surface area (Å²) in [6.45, 7) is 17.4. The average molecular weight is 752 g/mol. The van der Waals surface area contributed by atoms with E-state index in [4.69, 9.17) is 35.7 Å². The van der Waals surface area contributed by atoms with Gasteiger partial charge in [0.25, 0.3) is 0 Å². The van der Waals surface area contributed by atoms with Crippen molar-refractivity contribution in [2.75, 3.05) is 20.3 Å². The van der Waals surface area contributed by atoms with Gasteiger partial charge < -0.3 is 14.2 Å². The van der Waals surface area contributed by atoms with Crippen LogP contribution in [0.4, 0.5) is 0 Å². The van der Waals surface area contributed by atoms with E-state index >= 15 is 0 Å². The van der Waals surface area contributed by atoms with E-state index < -0.39 is 0 Å². The van der Waals surface area contributed by atoms with Gasteiger partial charge in [0.2, 0.25) is 11.8 Å². The van der Waals surface area contributed by atoms with Crippen LogP contribution in [0.2, 0.25) is 0 Å². The number of fused-ring (bicyclic) bond motifs is 2. The molecule has 7 heterocycles. The molecule has 0 amide bonds. The van der Waals surface area contributed by atoms with Crippen LogP contribution in [-0.4, -0.2) is 64.8 Å². The number of nitrogens with zero attached hydrogens (tertiary/aromatic N) is 9. The van der Waals surface area contributed by atoms with Crippen LogP contribution in [0.1, 0.15) is 81.7 Å². The first-order valence-electron chi connectivity index (χ1n) is 19.0. The van der Waals surface area contributed by atoms with Crippen molar-refractivity contribution in [1.29, 1.82) is 0 Å². The molecule has 0 aliphatic rings. The monoisotopic (exact) mass is 751 g/mol. The molecule has 0 aliphatic carbocycles. The molecule has 7 aromatic rings. The molecule has 0 aliphatic heterocycles. The third-order valence-electron chi connectivity index (χ3n) is 9.20. The summed E-state index contributed by atoms with van der Waals surface area (Å²) in [5, 5.41) is 9.40. The molecule has 56 heavy (non-hydrogen) atoms. The van der Waals surface area contributed by atoms with Gasteiger partial charge in [0.1, 0.15) is 22.3 Å². The minimum absolute atomic E-state index is 0.207. The maximum Gasteiger partial charge on any atom is 0.222 e. The Morgan fingerprint density at radius 1 is 0.732 bits per heavy atom. The van der Waals surface area contributed by atoms with Gasteiger partial charge in [-0.05, 0) is 122 Å². The summed E-state index contributed by atoms with van der Waals surface area (Å²) in [5.41, 5.74) is 11.9. The van der Waals surface area contributed by atoms with Gasteiger partial charge >= 0.3 is 0 Å². The van der Waals surface area contributed by atoms with Crippen LogP contribution in [-0.2, 0) is 12.8 Å². The minimum Gasteiger partial charge on any atom is -0.495 e. The Labute approximate surface area is 328 Å². The molecule has 0 atom stereocenters. The SMILES string of the molecule is C#Cc1cc(-c2cccnc2OCC)nc2c(C)nn(C(C)C)c12.CCOc1ncccc1-c1cc(CCc2cncc(OC)c2)c2c(n1)c(C)nn2C(C)C. The Hall–Kier alpha value is -6.35. The van der Waals surface area contributed by atoms with Gasteiger partial charge in [-0.15, -0.1) is 6.42 Å². The van der Waals surface area contributed by atoms with E-state index in [2.05, 4.69) is 64.4 Å². The van der Waals surface area contributed by atoms with Crippen molar-refractivity contribution in [3.63, 3.8) is 0 Å². The quantitative estimate of drug-likeness (QED) is 0.112. The molecule has 0 saturated carbocycles. The predicted molar refractivity (Wildman–Crippen MR) is 220 cm³/mol. The second kappa shape index (κ2) is 17.4. The van der Waals surface area contributed by atoms with E-state index in [-0.39, 0.29) is 12.1 Å². The summed E-state index contributed by atoms with van der Waals surface area (Å²) in [5.74, 6) is 4.70. The number of rotatable bonds is 12. The number of pyridine rings is 5. The molecular formula is C44H49N9O3. The molecule has 288 valence electrons. The molecule has 0 fully saturated rings. The van der Waals surface area contributed by atoms with Crippen LogP contribution >= 0.6 is 0 Å². The smallest absolute Gasteiger partial charge is 0.222 e. The average Bonchev–Trinajstić information content (AvgIpc) is 3.74. The van der Waals surface area contributed by atoms with Crippen LogP contribution in [0.15, 0.2) is 67.3 Å². The molecule has 0 spiro atoms. The number of terminal acetylenes is 1. The molecular weight excluding hydrogens is 703 g/mol. The summed E-state index contributed by atoms with van der Waals surface area (Å²) in [6, 6.07) is 14.2. The zero-order chi connectivity index (χ0) is 39.9. The lowest BCUT2D eigenvalue weighted by Crippen LogP contribution is -2.06. The lowest BCUT2D eigenvalue weighted by atomic mass is 10.0. The molecule has 0 aromatic carbocycles. The van der Waals surface area contributed by atoms with Crippen LogP contribution in [0.25, 0.3) is 44.6 Å². The first kappa shape index (κ1) is 39.3. The van der Waals surface area contributed by atoms with Crippen molar-refractivity contribution < 1.29 is 14.2 Å². The van der Waals surface area contributed by atoms with Crippen molar-refractivity contribution in [1.82, 2.24) is 44.5 Å². The summed E-state index contributed by atoms with van der Waals surface area (Å²) in [6.07, 6.45) is 14.5. The lowest BCUT2D eigenvalue weighted by Gasteiger charge is -2.14. The molecule has 7 rings (SSSR count). The van der Waals surface area contributed by atoms with E-state index in [0.29, 0.717) is 25.0 Å². The summed E-state index contributed by atoms with van der Waals surface area (Å²) >= 11 is 0.